The number of Topliss-reactive ketones (excluding diaryl/α,β-unsaturated/α-hetero) is 1. The Balaban J connectivity index is 1.33. The monoisotopic (exact) mass is 662 g/mol. The number of carbonyl (C=O) groups excluding carboxylic acids is 4. The Labute approximate surface area is 260 Å². The third-order valence-corrected chi connectivity index (χ3v) is 9.55. The summed E-state index contributed by atoms with van der Waals surface area (Å²) in [5, 5.41) is 0.912. The summed E-state index contributed by atoms with van der Waals surface area (Å²) in [7, 11) is 0. The van der Waals surface area contributed by atoms with E-state index in [1.165, 1.54) is 17.0 Å². The molecule has 2 aliphatic rings. The normalized spacial score (nSPS) is 18.2. The predicted octanol–water partition coefficient (Wildman–Crippen LogP) is 7.48. The summed E-state index contributed by atoms with van der Waals surface area (Å²) in [6.07, 6.45) is 3.37. The average molecular weight is 664 g/mol. The number of ether oxygens (including phenoxy) is 1. The van der Waals surface area contributed by atoms with Crippen molar-refractivity contribution < 1.29 is 28.3 Å². The molecular formula is C33H25BrClFN2O5. The highest BCUT2D eigenvalue weighted by atomic mass is 79.9. The Morgan fingerprint density at radius 1 is 1.00 bits per heavy atom. The van der Waals surface area contributed by atoms with Crippen molar-refractivity contribution in [2.75, 3.05) is 11.5 Å². The quantitative estimate of drug-likeness (QED) is 0.121. The first-order valence-corrected chi connectivity index (χ1v) is 15.0. The Morgan fingerprint density at radius 2 is 1.63 bits per heavy atom. The minimum atomic E-state index is -0.745. The van der Waals surface area contributed by atoms with Crippen LogP contribution in [0.5, 0.6) is 0 Å². The molecule has 1 aliphatic heterocycles. The van der Waals surface area contributed by atoms with Gasteiger partial charge in [0.2, 0.25) is 11.8 Å². The van der Waals surface area contributed by atoms with Gasteiger partial charge in [0.15, 0.2) is 12.4 Å². The van der Waals surface area contributed by atoms with Gasteiger partial charge < -0.3 is 4.74 Å². The van der Waals surface area contributed by atoms with Crippen LogP contribution in [0.15, 0.2) is 65.1 Å². The second-order valence-corrected chi connectivity index (χ2v) is 12.0. The van der Waals surface area contributed by atoms with Gasteiger partial charge in [-0.3, -0.25) is 19.3 Å². The van der Waals surface area contributed by atoms with E-state index in [9.17, 15) is 23.6 Å². The molecule has 4 aromatic rings. The van der Waals surface area contributed by atoms with Crippen molar-refractivity contribution in [1.29, 1.82) is 0 Å². The molecule has 0 radical (unpaired) electrons. The van der Waals surface area contributed by atoms with E-state index < -0.39 is 24.2 Å². The molecule has 6 rings (SSSR count). The second kappa shape index (κ2) is 11.6. The van der Waals surface area contributed by atoms with Gasteiger partial charge in [0, 0.05) is 21.0 Å². The highest BCUT2D eigenvalue weighted by molar-refractivity contribution is 9.10. The summed E-state index contributed by atoms with van der Waals surface area (Å²) in [5.41, 5.74) is 3.06. The molecule has 1 aliphatic carbocycles. The fraction of sp³-hybridized carbons (Fsp3) is 0.242. The van der Waals surface area contributed by atoms with Gasteiger partial charge in [-0.1, -0.05) is 36.6 Å². The molecule has 3 aromatic carbocycles. The largest absolute Gasteiger partial charge is 0.454 e. The molecule has 2 unspecified atom stereocenters. The molecule has 7 nitrogen and oxygen atoms in total. The summed E-state index contributed by atoms with van der Waals surface area (Å²) < 4.78 is 19.2. The number of nitrogens with zero attached hydrogens (tertiary/aromatic N) is 2. The van der Waals surface area contributed by atoms with Gasteiger partial charge >= 0.3 is 5.97 Å². The van der Waals surface area contributed by atoms with E-state index in [0.29, 0.717) is 42.9 Å². The first-order chi connectivity index (χ1) is 20.6. The lowest BCUT2D eigenvalue weighted by molar-refractivity contribution is -0.122. The molecule has 1 saturated heterocycles. The smallest absolute Gasteiger partial charge is 0.339 e. The lowest BCUT2D eigenvalue weighted by atomic mass is 9.81. The minimum Gasteiger partial charge on any atom is -0.454 e. The predicted molar refractivity (Wildman–Crippen MR) is 164 cm³/mol. The van der Waals surface area contributed by atoms with Crippen molar-refractivity contribution in [2.45, 2.75) is 32.6 Å². The van der Waals surface area contributed by atoms with Crippen LogP contribution >= 0.6 is 27.5 Å². The maximum Gasteiger partial charge on any atom is 0.339 e. The van der Waals surface area contributed by atoms with Gasteiger partial charge in [-0.05, 0) is 89.8 Å². The number of benzene rings is 3. The van der Waals surface area contributed by atoms with Crippen LogP contribution < -0.4 is 4.90 Å². The second-order valence-electron chi connectivity index (χ2n) is 10.8. The number of ketones is 1. The van der Waals surface area contributed by atoms with E-state index in [-0.39, 0.29) is 34.8 Å². The van der Waals surface area contributed by atoms with Crippen LogP contribution in [0.3, 0.4) is 0 Å². The van der Waals surface area contributed by atoms with Crippen LogP contribution in [0.1, 0.15) is 52.0 Å². The first-order valence-electron chi connectivity index (χ1n) is 13.9. The number of hydrogen-bond acceptors (Lipinski definition) is 6. The van der Waals surface area contributed by atoms with Crippen LogP contribution in [-0.2, 0) is 14.3 Å². The number of imide groups is 1. The summed E-state index contributed by atoms with van der Waals surface area (Å²) >= 11 is 9.93. The SMILES string of the molecule is Cc1c(Cl)c(Br)cc2c(C(=O)OCC(=O)c3ccc(F)cc3)cc(-c3ccc(N4C(=O)C5CCCCC5C4=O)cc3)nc12. The number of aryl methyl sites for hydroxylation is 1. The number of rotatable bonds is 6. The Hall–Kier alpha value is -3.95. The summed E-state index contributed by atoms with van der Waals surface area (Å²) in [5.74, 6) is -2.51. The number of halogens is 3. The first kappa shape index (κ1) is 29.1. The van der Waals surface area contributed by atoms with E-state index in [1.807, 2.05) is 0 Å². The van der Waals surface area contributed by atoms with Crippen molar-refractivity contribution >= 4 is 67.7 Å². The highest BCUT2D eigenvalue weighted by Gasteiger charge is 2.48. The molecule has 2 atom stereocenters. The molecule has 1 saturated carbocycles. The molecule has 10 heteroatoms. The van der Waals surface area contributed by atoms with Crippen LogP contribution in [-0.4, -0.2) is 35.2 Å². The molecule has 0 bridgehead atoms. The van der Waals surface area contributed by atoms with E-state index in [1.54, 1.807) is 43.3 Å². The molecule has 2 fully saturated rings. The molecule has 2 amide bonds. The third kappa shape index (κ3) is 5.36. The third-order valence-electron chi connectivity index (χ3n) is 8.21. The zero-order valence-electron chi connectivity index (χ0n) is 23.0. The molecule has 218 valence electrons. The van der Waals surface area contributed by atoms with E-state index in [2.05, 4.69) is 15.9 Å². The highest BCUT2D eigenvalue weighted by Crippen LogP contribution is 2.41. The van der Waals surface area contributed by atoms with Crippen molar-refractivity contribution in [3.05, 3.63) is 92.7 Å². The molecular weight excluding hydrogens is 639 g/mol. The van der Waals surface area contributed by atoms with Gasteiger partial charge in [0.1, 0.15) is 5.82 Å². The number of pyridine rings is 1. The molecule has 2 heterocycles. The number of hydrogen-bond donors (Lipinski definition) is 0. The zero-order valence-corrected chi connectivity index (χ0v) is 25.4. The minimum absolute atomic E-state index is 0.151. The van der Waals surface area contributed by atoms with Gasteiger partial charge in [0.05, 0.1) is 39.3 Å². The average Bonchev–Trinajstić information content (AvgIpc) is 3.28. The number of fused-ring (bicyclic) bond motifs is 2. The summed E-state index contributed by atoms with van der Waals surface area (Å²) in [6.45, 7) is 1.25. The van der Waals surface area contributed by atoms with Crippen molar-refractivity contribution in [3.63, 3.8) is 0 Å². The fourth-order valence-corrected chi connectivity index (χ4v) is 6.57. The maximum absolute atomic E-state index is 13.4. The Bertz CT molecular complexity index is 1790. The van der Waals surface area contributed by atoms with Crippen LogP contribution in [0.25, 0.3) is 22.2 Å². The van der Waals surface area contributed by atoms with Crippen LogP contribution in [0, 0.1) is 24.6 Å². The lowest BCUT2D eigenvalue weighted by Crippen LogP contribution is -2.30. The van der Waals surface area contributed by atoms with Gasteiger partial charge in [0.25, 0.3) is 0 Å². The van der Waals surface area contributed by atoms with Crippen LogP contribution in [0.4, 0.5) is 10.1 Å². The van der Waals surface area contributed by atoms with Crippen molar-refractivity contribution in [3.8, 4) is 11.3 Å². The molecule has 0 spiro atoms. The topological polar surface area (TPSA) is 93.6 Å². The molecule has 1 aromatic heterocycles. The van der Waals surface area contributed by atoms with Crippen LogP contribution in [0.2, 0.25) is 5.02 Å². The van der Waals surface area contributed by atoms with Crippen molar-refractivity contribution in [1.82, 2.24) is 4.98 Å². The number of anilines is 1. The number of amides is 2. The maximum atomic E-state index is 13.4. The van der Waals surface area contributed by atoms with Gasteiger partial charge in [-0.15, -0.1) is 0 Å². The zero-order chi connectivity index (χ0) is 30.4. The lowest BCUT2D eigenvalue weighted by Gasteiger charge is -2.19. The van der Waals surface area contributed by atoms with Gasteiger partial charge in [-0.25, -0.2) is 14.2 Å². The van der Waals surface area contributed by atoms with Crippen molar-refractivity contribution in [2.24, 2.45) is 11.8 Å². The van der Waals surface area contributed by atoms with E-state index >= 15 is 0 Å². The summed E-state index contributed by atoms with van der Waals surface area (Å²) in [4.78, 5) is 58.2. The number of aromatic nitrogens is 1. The summed E-state index contributed by atoms with van der Waals surface area (Å²) in [6, 6.07) is 15.1. The van der Waals surface area contributed by atoms with Gasteiger partial charge in [-0.2, -0.15) is 0 Å². The fourth-order valence-electron chi connectivity index (χ4n) is 5.90. The number of esters is 1. The number of carbonyl (C=O) groups is 4. The van der Waals surface area contributed by atoms with E-state index in [4.69, 9.17) is 21.3 Å². The van der Waals surface area contributed by atoms with E-state index in [0.717, 1.165) is 37.8 Å². The Morgan fingerprint density at radius 3 is 2.26 bits per heavy atom. The molecule has 0 N–H and O–H groups in total. The molecule has 43 heavy (non-hydrogen) atoms. The standard InChI is InChI=1S/C33H25BrClFN2O5/c1-17-29(35)26(34)14-24-25(33(42)43-16-28(39)19-6-10-20(36)11-7-19)15-27(37-30(17)24)18-8-12-21(13-9-18)38-31(40)22-4-2-3-5-23(22)32(38)41/h6-15,22-23H,2-5,16H2,1H3. The Kier molecular flexibility index (Phi) is 7.87.